The van der Waals surface area contributed by atoms with Gasteiger partial charge in [-0.3, -0.25) is 0 Å². The molecule has 0 fully saturated rings. The predicted octanol–water partition coefficient (Wildman–Crippen LogP) is 4.75. The van der Waals surface area contributed by atoms with E-state index in [-0.39, 0.29) is 0 Å². The molecule has 1 aromatic rings. The largest absolute Gasteiger partial charge is 0.542 e. The Bertz CT molecular complexity index is 538. The van der Waals surface area contributed by atoms with E-state index in [1.807, 2.05) is 6.92 Å². The fourth-order valence-electron chi connectivity index (χ4n) is 2.24. The van der Waals surface area contributed by atoms with Crippen molar-refractivity contribution >= 4 is 14.1 Å². The number of benzene rings is 1. The lowest BCUT2D eigenvalue weighted by Crippen LogP contribution is -2.26. The molecule has 0 bridgehead atoms. The minimum Gasteiger partial charge on any atom is -0.542 e. The van der Waals surface area contributed by atoms with Crippen LogP contribution in [0.5, 0.6) is 0 Å². The molecule has 2 rings (SSSR count). The number of fused-ring (bicyclic) bond motifs is 1. The molecule has 3 heteroatoms. The van der Waals surface area contributed by atoms with Crippen LogP contribution in [0.4, 0.5) is 0 Å². The molecular formula is C17H24O2Si. The lowest BCUT2D eigenvalue weighted by atomic mass is 9.95. The highest BCUT2D eigenvalue weighted by Gasteiger charge is 2.26. The molecule has 0 atom stereocenters. The van der Waals surface area contributed by atoms with Crippen molar-refractivity contribution in [1.29, 1.82) is 0 Å². The zero-order chi connectivity index (χ0) is 14.8. The molecule has 0 aromatic heterocycles. The number of ether oxygens (including phenoxy) is 1. The summed E-state index contributed by atoms with van der Waals surface area (Å²) >= 11 is 0. The van der Waals surface area contributed by atoms with Crippen molar-refractivity contribution in [2.24, 2.45) is 0 Å². The SMILES string of the molecule is C=C(C)COC1=C(O[Si](C)(C)C)c2ccccc2CC1. The average Bonchev–Trinajstić information content (AvgIpc) is 2.36. The summed E-state index contributed by atoms with van der Waals surface area (Å²) in [6, 6.07) is 8.46. The number of allylic oxidation sites excluding steroid dienone is 1. The van der Waals surface area contributed by atoms with E-state index in [2.05, 4.69) is 50.5 Å². The summed E-state index contributed by atoms with van der Waals surface area (Å²) in [6.45, 7) is 13.1. The van der Waals surface area contributed by atoms with E-state index in [4.69, 9.17) is 9.16 Å². The third kappa shape index (κ3) is 3.76. The van der Waals surface area contributed by atoms with Gasteiger partial charge in [0.2, 0.25) is 8.32 Å². The Balaban J connectivity index is 2.37. The van der Waals surface area contributed by atoms with E-state index < -0.39 is 8.32 Å². The van der Waals surface area contributed by atoms with Gasteiger partial charge in [0.1, 0.15) is 18.1 Å². The Labute approximate surface area is 123 Å². The van der Waals surface area contributed by atoms with Gasteiger partial charge in [-0.25, -0.2) is 0 Å². The van der Waals surface area contributed by atoms with Crippen LogP contribution in [0, 0.1) is 0 Å². The maximum Gasteiger partial charge on any atom is 0.242 e. The molecular weight excluding hydrogens is 264 g/mol. The predicted molar refractivity (Wildman–Crippen MR) is 86.9 cm³/mol. The Morgan fingerprint density at radius 2 is 1.90 bits per heavy atom. The lowest BCUT2D eigenvalue weighted by Gasteiger charge is -2.29. The highest BCUT2D eigenvalue weighted by atomic mass is 28.4. The molecule has 1 aromatic carbocycles. The minimum atomic E-state index is -1.67. The molecule has 1 aliphatic rings. The van der Waals surface area contributed by atoms with Crippen LogP contribution in [-0.2, 0) is 15.6 Å². The molecule has 2 nitrogen and oxygen atoms in total. The highest BCUT2D eigenvalue weighted by molar-refractivity contribution is 6.70. The van der Waals surface area contributed by atoms with Crippen LogP contribution in [0.1, 0.15) is 24.5 Å². The zero-order valence-electron chi connectivity index (χ0n) is 13.0. The van der Waals surface area contributed by atoms with E-state index in [1.54, 1.807) is 0 Å². The number of hydrogen-bond acceptors (Lipinski definition) is 2. The summed E-state index contributed by atoms with van der Waals surface area (Å²) in [5, 5.41) is 0. The molecule has 0 amide bonds. The van der Waals surface area contributed by atoms with Crippen LogP contribution in [0.25, 0.3) is 5.76 Å². The summed E-state index contributed by atoms with van der Waals surface area (Å²) in [7, 11) is -1.67. The molecule has 20 heavy (non-hydrogen) atoms. The van der Waals surface area contributed by atoms with E-state index in [0.29, 0.717) is 6.61 Å². The van der Waals surface area contributed by atoms with Crippen molar-refractivity contribution in [2.45, 2.75) is 39.4 Å². The van der Waals surface area contributed by atoms with Crippen molar-refractivity contribution in [3.63, 3.8) is 0 Å². The number of hydrogen-bond donors (Lipinski definition) is 0. The first-order valence-electron chi connectivity index (χ1n) is 7.14. The van der Waals surface area contributed by atoms with Gasteiger partial charge in [-0.15, -0.1) is 0 Å². The minimum absolute atomic E-state index is 0.566. The first kappa shape index (κ1) is 14.9. The standard InChI is InChI=1S/C17H24O2Si/c1-13(2)12-18-16-11-10-14-8-6-7-9-15(14)17(16)19-20(3,4)5/h6-9H,1,10-12H2,2-5H3. The summed E-state index contributed by atoms with van der Waals surface area (Å²) in [4.78, 5) is 0. The van der Waals surface area contributed by atoms with Gasteiger partial charge in [-0.05, 0) is 44.1 Å². The Kier molecular flexibility index (Phi) is 4.38. The fourth-order valence-corrected chi connectivity index (χ4v) is 3.07. The smallest absolute Gasteiger partial charge is 0.242 e. The molecule has 0 radical (unpaired) electrons. The summed E-state index contributed by atoms with van der Waals surface area (Å²) in [5.41, 5.74) is 3.57. The molecule has 0 N–H and O–H groups in total. The third-order valence-corrected chi connectivity index (χ3v) is 3.85. The van der Waals surface area contributed by atoms with E-state index in [0.717, 1.165) is 29.9 Å². The Morgan fingerprint density at radius 3 is 2.55 bits per heavy atom. The molecule has 1 aliphatic carbocycles. The van der Waals surface area contributed by atoms with Crippen molar-refractivity contribution in [2.75, 3.05) is 6.61 Å². The molecule has 0 saturated heterocycles. The molecule has 0 aliphatic heterocycles. The third-order valence-electron chi connectivity index (χ3n) is 3.04. The normalized spacial score (nSPS) is 14.8. The average molecular weight is 288 g/mol. The second kappa shape index (κ2) is 5.88. The van der Waals surface area contributed by atoms with E-state index in [1.165, 1.54) is 11.1 Å². The van der Waals surface area contributed by atoms with Gasteiger partial charge in [-0.1, -0.05) is 30.8 Å². The van der Waals surface area contributed by atoms with Gasteiger partial charge < -0.3 is 9.16 Å². The number of rotatable bonds is 5. The Hall–Kier alpha value is -1.48. The summed E-state index contributed by atoms with van der Waals surface area (Å²) in [5.74, 6) is 1.93. The molecule has 0 unspecified atom stereocenters. The quantitative estimate of drug-likeness (QED) is 0.575. The molecule has 0 heterocycles. The maximum atomic E-state index is 6.31. The van der Waals surface area contributed by atoms with Gasteiger partial charge >= 0.3 is 0 Å². The van der Waals surface area contributed by atoms with Gasteiger partial charge in [0.15, 0.2) is 0 Å². The fraction of sp³-hybridized carbons (Fsp3) is 0.412. The van der Waals surface area contributed by atoms with Gasteiger partial charge in [0, 0.05) is 12.0 Å². The van der Waals surface area contributed by atoms with E-state index >= 15 is 0 Å². The molecule has 0 spiro atoms. The van der Waals surface area contributed by atoms with Crippen molar-refractivity contribution in [3.8, 4) is 0 Å². The second-order valence-corrected chi connectivity index (χ2v) is 10.8. The van der Waals surface area contributed by atoms with Crippen LogP contribution in [-0.4, -0.2) is 14.9 Å². The van der Waals surface area contributed by atoms with Crippen molar-refractivity contribution in [3.05, 3.63) is 53.3 Å². The highest BCUT2D eigenvalue weighted by Crippen LogP contribution is 2.34. The lowest BCUT2D eigenvalue weighted by molar-refractivity contribution is 0.220. The van der Waals surface area contributed by atoms with Crippen molar-refractivity contribution in [1.82, 2.24) is 0 Å². The zero-order valence-corrected chi connectivity index (χ0v) is 14.0. The van der Waals surface area contributed by atoms with Gasteiger partial charge in [-0.2, -0.15) is 0 Å². The van der Waals surface area contributed by atoms with Gasteiger partial charge in [0.25, 0.3) is 0 Å². The van der Waals surface area contributed by atoms with Crippen LogP contribution in [0.15, 0.2) is 42.2 Å². The number of aryl methyl sites for hydroxylation is 1. The van der Waals surface area contributed by atoms with Gasteiger partial charge in [0.05, 0.1) is 0 Å². The van der Waals surface area contributed by atoms with E-state index in [9.17, 15) is 0 Å². The topological polar surface area (TPSA) is 18.5 Å². The monoisotopic (exact) mass is 288 g/mol. The molecule has 0 saturated carbocycles. The summed E-state index contributed by atoms with van der Waals surface area (Å²) < 4.78 is 12.3. The summed E-state index contributed by atoms with van der Waals surface area (Å²) in [6.07, 6.45) is 1.92. The van der Waals surface area contributed by atoms with Crippen molar-refractivity contribution < 1.29 is 9.16 Å². The first-order chi connectivity index (χ1) is 9.37. The maximum absolute atomic E-state index is 6.31. The Morgan fingerprint density at radius 1 is 1.20 bits per heavy atom. The van der Waals surface area contributed by atoms with Crippen LogP contribution >= 0.6 is 0 Å². The van der Waals surface area contributed by atoms with Crippen LogP contribution in [0.3, 0.4) is 0 Å². The second-order valence-electron chi connectivity index (χ2n) is 6.37. The first-order valence-corrected chi connectivity index (χ1v) is 10.6. The van der Waals surface area contributed by atoms with Crippen LogP contribution < -0.4 is 0 Å². The van der Waals surface area contributed by atoms with Crippen LogP contribution in [0.2, 0.25) is 19.6 Å². The molecule has 108 valence electrons.